The van der Waals surface area contributed by atoms with Crippen molar-refractivity contribution in [1.82, 2.24) is 4.98 Å². The van der Waals surface area contributed by atoms with E-state index in [1.807, 2.05) is 31.2 Å². The molecule has 148 valence electrons. The highest BCUT2D eigenvalue weighted by Gasteiger charge is 2.18. The van der Waals surface area contributed by atoms with Crippen molar-refractivity contribution < 1.29 is 28.6 Å². The maximum Gasteiger partial charge on any atom is 0.363 e. The summed E-state index contributed by atoms with van der Waals surface area (Å²) in [6, 6.07) is 11.7. The third kappa shape index (κ3) is 4.67. The Balaban J connectivity index is 1.85. The normalized spacial score (nSPS) is 10.3. The molecule has 3 rings (SSSR count). The summed E-state index contributed by atoms with van der Waals surface area (Å²) < 4.78 is 14.7. The van der Waals surface area contributed by atoms with Crippen molar-refractivity contribution in [2.24, 2.45) is 0 Å². The number of hydrogen-bond acceptors (Lipinski definition) is 8. The van der Waals surface area contributed by atoms with Crippen LogP contribution in [0.1, 0.15) is 36.8 Å². The number of esters is 3. The van der Waals surface area contributed by atoms with Crippen molar-refractivity contribution in [3.63, 3.8) is 0 Å². The summed E-state index contributed by atoms with van der Waals surface area (Å²) in [6.07, 6.45) is 0. The number of aromatic nitrogens is 1. The van der Waals surface area contributed by atoms with Gasteiger partial charge in [0, 0.05) is 10.9 Å². The molecule has 0 spiro atoms. The lowest BCUT2D eigenvalue weighted by atomic mass is 10.1. The first-order chi connectivity index (χ1) is 13.9. The molecule has 0 saturated carbocycles. The zero-order valence-electron chi connectivity index (χ0n) is 15.9. The highest BCUT2D eigenvalue weighted by atomic mass is 32.1. The molecule has 29 heavy (non-hydrogen) atoms. The molecule has 0 amide bonds. The molecule has 0 aliphatic rings. The Morgan fingerprint density at radius 1 is 0.862 bits per heavy atom. The lowest BCUT2D eigenvalue weighted by molar-refractivity contribution is 0.0593. The standard InChI is InChI=1S/C21H17NO6S/c1-12-4-6-13(7-5-12)18-22-17(11-29-18)21(25)28-16-9-14(19(23)26-2)8-15(10-16)20(24)27-3/h4-11H,1-3H3. The second-order valence-electron chi connectivity index (χ2n) is 6.02. The number of benzene rings is 2. The molecular weight excluding hydrogens is 394 g/mol. The Bertz CT molecular complexity index is 1040. The van der Waals surface area contributed by atoms with Crippen molar-refractivity contribution in [2.75, 3.05) is 14.2 Å². The van der Waals surface area contributed by atoms with Gasteiger partial charge in [-0.2, -0.15) is 0 Å². The van der Waals surface area contributed by atoms with Gasteiger partial charge in [-0.05, 0) is 25.1 Å². The Kier molecular flexibility index (Phi) is 6.04. The minimum atomic E-state index is -0.711. The van der Waals surface area contributed by atoms with E-state index < -0.39 is 17.9 Å². The van der Waals surface area contributed by atoms with Crippen LogP contribution in [-0.4, -0.2) is 37.1 Å². The Hall–Kier alpha value is -3.52. The summed E-state index contributed by atoms with van der Waals surface area (Å²) in [5.41, 5.74) is 2.24. The van der Waals surface area contributed by atoms with Gasteiger partial charge < -0.3 is 14.2 Å². The molecule has 1 aromatic heterocycles. The zero-order chi connectivity index (χ0) is 21.0. The van der Waals surface area contributed by atoms with E-state index in [2.05, 4.69) is 14.5 Å². The van der Waals surface area contributed by atoms with E-state index in [0.29, 0.717) is 5.01 Å². The van der Waals surface area contributed by atoms with Crippen molar-refractivity contribution in [3.8, 4) is 16.3 Å². The number of methoxy groups -OCH3 is 2. The first-order valence-corrected chi connectivity index (χ1v) is 9.35. The Morgan fingerprint density at radius 2 is 1.45 bits per heavy atom. The fraction of sp³-hybridized carbons (Fsp3) is 0.143. The van der Waals surface area contributed by atoms with Crippen LogP contribution < -0.4 is 4.74 Å². The van der Waals surface area contributed by atoms with Crippen LogP contribution in [-0.2, 0) is 9.47 Å². The molecule has 3 aromatic rings. The number of hydrogen-bond donors (Lipinski definition) is 0. The van der Waals surface area contributed by atoms with E-state index in [1.54, 1.807) is 5.38 Å². The summed E-state index contributed by atoms with van der Waals surface area (Å²) >= 11 is 1.31. The third-order valence-corrected chi connectivity index (χ3v) is 4.86. The maximum atomic E-state index is 12.5. The van der Waals surface area contributed by atoms with Gasteiger partial charge in [-0.15, -0.1) is 11.3 Å². The van der Waals surface area contributed by atoms with Crippen molar-refractivity contribution in [2.45, 2.75) is 6.92 Å². The van der Waals surface area contributed by atoms with Crippen LogP contribution in [0.15, 0.2) is 47.8 Å². The molecule has 2 aromatic carbocycles. The highest BCUT2D eigenvalue weighted by Crippen LogP contribution is 2.25. The average Bonchev–Trinajstić information content (AvgIpc) is 3.23. The molecule has 1 heterocycles. The third-order valence-electron chi connectivity index (χ3n) is 3.97. The van der Waals surface area contributed by atoms with Gasteiger partial charge in [0.1, 0.15) is 10.8 Å². The SMILES string of the molecule is COC(=O)c1cc(OC(=O)c2csc(-c3ccc(C)cc3)n2)cc(C(=O)OC)c1. The van der Waals surface area contributed by atoms with Gasteiger partial charge in [-0.25, -0.2) is 19.4 Å². The van der Waals surface area contributed by atoms with Gasteiger partial charge in [0.25, 0.3) is 0 Å². The van der Waals surface area contributed by atoms with E-state index in [0.717, 1.165) is 11.1 Å². The molecule has 0 radical (unpaired) electrons. The van der Waals surface area contributed by atoms with Crippen molar-refractivity contribution in [1.29, 1.82) is 0 Å². The number of rotatable bonds is 5. The van der Waals surface area contributed by atoms with E-state index in [-0.39, 0.29) is 22.6 Å². The Labute approximate surface area is 170 Å². The van der Waals surface area contributed by atoms with Crippen LogP contribution in [0.5, 0.6) is 5.75 Å². The second-order valence-corrected chi connectivity index (χ2v) is 6.88. The first-order valence-electron chi connectivity index (χ1n) is 8.47. The van der Waals surface area contributed by atoms with Crippen LogP contribution in [0.3, 0.4) is 0 Å². The van der Waals surface area contributed by atoms with Gasteiger partial charge >= 0.3 is 17.9 Å². The monoisotopic (exact) mass is 411 g/mol. The number of carbonyl (C=O) groups excluding carboxylic acids is 3. The van der Waals surface area contributed by atoms with Crippen LogP contribution in [0, 0.1) is 6.92 Å². The average molecular weight is 411 g/mol. The molecule has 0 N–H and O–H groups in total. The molecule has 0 atom stereocenters. The summed E-state index contributed by atoms with van der Waals surface area (Å²) in [6.45, 7) is 1.99. The van der Waals surface area contributed by atoms with E-state index in [4.69, 9.17) is 4.74 Å². The zero-order valence-corrected chi connectivity index (χ0v) is 16.7. The molecule has 8 heteroatoms. The van der Waals surface area contributed by atoms with Crippen LogP contribution in [0.2, 0.25) is 0 Å². The summed E-state index contributed by atoms with van der Waals surface area (Å²) in [7, 11) is 2.42. The smallest absolute Gasteiger partial charge is 0.363 e. The minimum absolute atomic E-state index is 0.00295. The summed E-state index contributed by atoms with van der Waals surface area (Å²) in [5.74, 6) is -2.06. The quantitative estimate of drug-likeness (QED) is 0.464. The molecule has 0 aliphatic heterocycles. The molecule has 0 saturated heterocycles. The number of ether oxygens (including phenoxy) is 3. The van der Waals surface area contributed by atoms with Crippen LogP contribution in [0.25, 0.3) is 10.6 Å². The van der Waals surface area contributed by atoms with E-state index in [1.165, 1.54) is 43.8 Å². The van der Waals surface area contributed by atoms with Crippen LogP contribution >= 0.6 is 11.3 Å². The maximum absolute atomic E-state index is 12.5. The van der Waals surface area contributed by atoms with E-state index in [9.17, 15) is 14.4 Å². The van der Waals surface area contributed by atoms with Crippen LogP contribution in [0.4, 0.5) is 0 Å². The molecule has 7 nitrogen and oxygen atoms in total. The summed E-state index contributed by atoms with van der Waals surface area (Å²) in [4.78, 5) is 40.5. The van der Waals surface area contributed by atoms with Crippen molar-refractivity contribution >= 4 is 29.2 Å². The Morgan fingerprint density at radius 3 is 2.00 bits per heavy atom. The van der Waals surface area contributed by atoms with Crippen molar-refractivity contribution in [3.05, 3.63) is 70.2 Å². The van der Waals surface area contributed by atoms with Gasteiger partial charge in [0.05, 0.1) is 25.3 Å². The number of nitrogens with zero attached hydrogens (tertiary/aromatic N) is 1. The molecule has 0 aliphatic carbocycles. The largest absolute Gasteiger partial charge is 0.465 e. The predicted molar refractivity (Wildman–Crippen MR) is 106 cm³/mol. The summed E-state index contributed by atoms with van der Waals surface area (Å²) in [5, 5.41) is 2.26. The predicted octanol–water partition coefficient (Wildman–Crippen LogP) is 3.91. The molecule has 0 bridgehead atoms. The topological polar surface area (TPSA) is 91.8 Å². The molecule has 0 unspecified atom stereocenters. The van der Waals surface area contributed by atoms with E-state index >= 15 is 0 Å². The number of carbonyl (C=O) groups is 3. The van der Waals surface area contributed by atoms with Gasteiger partial charge in [-0.1, -0.05) is 29.8 Å². The lowest BCUT2D eigenvalue weighted by Gasteiger charge is -2.08. The van der Waals surface area contributed by atoms with Gasteiger partial charge in [0.2, 0.25) is 0 Å². The molecular formula is C21H17NO6S. The second kappa shape index (κ2) is 8.66. The lowest BCUT2D eigenvalue weighted by Crippen LogP contribution is -2.12. The minimum Gasteiger partial charge on any atom is -0.465 e. The number of thiazole rings is 1. The highest BCUT2D eigenvalue weighted by molar-refractivity contribution is 7.13. The fourth-order valence-electron chi connectivity index (χ4n) is 2.48. The van der Waals surface area contributed by atoms with Gasteiger partial charge in [-0.3, -0.25) is 0 Å². The fourth-order valence-corrected chi connectivity index (χ4v) is 3.28. The molecule has 0 fully saturated rings. The van der Waals surface area contributed by atoms with Gasteiger partial charge in [0.15, 0.2) is 5.69 Å². The first kappa shape index (κ1) is 20.2. The number of aryl methyl sites for hydroxylation is 1.